The monoisotopic (exact) mass is 374 g/mol. The number of aromatic amines is 1. The van der Waals surface area contributed by atoms with E-state index in [2.05, 4.69) is 20.3 Å². The molecule has 2 aromatic heterocycles. The van der Waals surface area contributed by atoms with Crippen LogP contribution in [0.3, 0.4) is 0 Å². The number of hydrogen-bond donors (Lipinski definition) is 3. The van der Waals surface area contributed by atoms with Crippen LogP contribution < -0.4 is 5.32 Å². The van der Waals surface area contributed by atoms with Crippen molar-refractivity contribution in [1.29, 1.82) is 0 Å². The highest BCUT2D eigenvalue weighted by atomic mass is 19.1. The van der Waals surface area contributed by atoms with E-state index in [0.29, 0.717) is 23.0 Å². The fraction of sp³-hybridized carbons (Fsp3) is 0.0909. The molecule has 28 heavy (non-hydrogen) atoms. The molecule has 0 aliphatic heterocycles. The average Bonchev–Trinajstić information content (AvgIpc) is 3.00. The van der Waals surface area contributed by atoms with Gasteiger partial charge in [0.1, 0.15) is 5.82 Å². The first kappa shape index (κ1) is 17.7. The number of anilines is 1. The number of pyridine rings is 1. The molecule has 0 atom stereocenters. The van der Waals surface area contributed by atoms with Crippen LogP contribution in [-0.4, -0.2) is 21.3 Å². The molecule has 0 saturated carbocycles. The normalized spacial score (nSPS) is 11.4. The highest BCUT2D eigenvalue weighted by Crippen LogP contribution is 2.28. The zero-order valence-electron chi connectivity index (χ0n) is 15.3. The summed E-state index contributed by atoms with van der Waals surface area (Å²) in [6, 6.07) is 16.0. The third-order valence-corrected chi connectivity index (χ3v) is 4.52. The summed E-state index contributed by atoms with van der Waals surface area (Å²) in [5, 5.41) is 14.2. The first-order chi connectivity index (χ1) is 13.6. The summed E-state index contributed by atoms with van der Waals surface area (Å²) < 4.78 is 13.3. The molecule has 0 saturated heterocycles. The zero-order valence-corrected chi connectivity index (χ0v) is 15.3. The summed E-state index contributed by atoms with van der Waals surface area (Å²) in [5.74, 6) is -0.392. The van der Waals surface area contributed by atoms with Crippen molar-refractivity contribution >= 4 is 28.5 Å². The number of hydrogen-bond acceptors (Lipinski definition) is 4. The van der Waals surface area contributed by atoms with Crippen LogP contribution in [0.25, 0.3) is 10.9 Å². The molecule has 4 aromatic rings. The van der Waals surface area contributed by atoms with Crippen molar-refractivity contribution in [3.05, 3.63) is 83.4 Å². The van der Waals surface area contributed by atoms with E-state index >= 15 is 0 Å². The lowest BCUT2D eigenvalue weighted by molar-refractivity contribution is 0.457. The highest BCUT2D eigenvalue weighted by molar-refractivity contribution is 6.02. The van der Waals surface area contributed by atoms with Gasteiger partial charge in [0.2, 0.25) is 0 Å². The number of halogens is 1. The largest absolute Gasteiger partial charge is 0.494 e. The lowest BCUT2D eigenvalue weighted by Crippen LogP contribution is -2.02. The minimum atomic E-state index is -0.360. The molecule has 5 nitrogen and oxygen atoms in total. The van der Waals surface area contributed by atoms with Crippen LogP contribution in [0, 0.1) is 12.7 Å². The summed E-state index contributed by atoms with van der Waals surface area (Å²) in [6.45, 7) is 2.65. The molecular weight excluding hydrogens is 355 g/mol. The van der Waals surface area contributed by atoms with E-state index in [1.54, 1.807) is 18.5 Å². The Kier molecular flexibility index (Phi) is 4.76. The van der Waals surface area contributed by atoms with Gasteiger partial charge in [0.15, 0.2) is 5.88 Å². The number of fused-ring (bicyclic) bond motifs is 1. The first-order valence-corrected chi connectivity index (χ1v) is 8.89. The predicted octanol–water partition coefficient (Wildman–Crippen LogP) is 5.08. The van der Waals surface area contributed by atoms with Crippen LogP contribution in [0.1, 0.15) is 16.8 Å². The fourth-order valence-electron chi connectivity index (χ4n) is 3.06. The number of nitrogens with one attached hydrogen (secondary N) is 2. The molecule has 0 amide bonds. The average molecular weight is 374 g/mol. The van der Waals surface area contributed by atoms with Crippen molar-refractivity contribution in [3.8, 4) is 5.88 Å². The number of nitrogens with zero attached hydrogens (tertiary/aromatic N) is 2. The van der Waals surface area contributed by atoms with E-state index < -0.39 is 0 Å². The van der Waals surface area contributed by atoms with E-state index in [1.165, 1.54) is 12.1 Å². The summed E-state index contributed by atoms with van der Waals surface area (Å²) in [6.07, 6.45) is 3.36. The predicted molar refractivity (Wildman–Crippen MR) is 110 cm³/mol. The number of benzene rings is 2. The van der Waals surface area contributed by atoms with Crippen LogP contribution in [0.15, 0.2) is 65.8 Å². The number of aromatic hydroxyl groups is 1. The third-order valence-electron chi connectivity index (χ3n) is 4.52. The number of aromatic nitrogens is 2. The summed E-state index contributed by atoms with van der Waals surface area (Å²) in [5.41, 5.74) is 4.85. The van der Waals surface area contributed by atoms with E-state index in [4.69, 9.17) is 0 Å². The Labute approximate surface area is 161 Å². The Morgan fingerprint density at radius 1 is 1.18 bits per heavy atom. The Balaban J connectivity index is 1.53. The first-order valence-electron chi connectivity index (χ1n) is 8.89. The van der Waals surface area contributed by atoms with E-state index in [1.807, 2.05) is 43.3 Å². The topological polar surface area (TPSA) is 73.3 Å². The van der Waals surface area contributed by atoms with Gasteiger partial charge in [-0.1, -0.05) is 6.07 Å². The molecule has 0 aliphatic rings. The van der Waals surface area contributed by atoms with Gasteiger partial charge in [-0.15, -0.1) is 0 Å². The molecule has 4 rings (SSSR count). The molecule has 3 N–H and O–H groups in total. The maximum atomic E-state index is 13.3. The summed E-state index contributed by atoms with van der Waals surface area (Å²) in [4.78, 5) is 11.5. The van der Waals surface area contributed by atoms with E-state index in [0.717, 1.165) is 22.6 Å². The van der Waals surface area contributed by atoms with Crippen molar-refractivity contribution < 1.29 is 9.50 Å². The van der Waals surface area contributed by atoms with Crippen LogP contribution in [-0.2, 0) is 6.54 Å². The molecule has 0 radical (unpaired) electrons. The van der Waals surface area contributed by atoms with Crippen molar-refractivity contribution in [2.45, 2.75) is 13.5 Å². The number of aryl methyl sites for hydroxylation is 1. The molecule has 0 bridgehead atoms. The molecule has 2 aromatic carbocycles. The summed E-state index contributed by atoms with van der Waals surface area (Å²) in [7, 11) is 0. The van der Waals surface area contributed by atoms with Gasteiger partial charge in [0, 0.05) is 23.5 Å². The molecule has 0 aliphatic carbocycles. The minimum Gasteiger partial charge on any atom is -0.494 e. The van der Waals surface area contributed by atoms with E-state index in [-0.39, 0.29) is 11.7 Å². The Bertz CT molecular complexity index is 1150. The third kappa shape index (κ3) is 3.71. The molecule has 0 fully saturated rings. The minimum absolute atomic E-state index is 0.0327. The Morgan fingerprint density at radius 3 is 2.86 bits per heavy atom. The maximum absolute atomic E-state index is 13.3. The summed E-state index contributed by atoms with van der Waals surface area (Å²) >= 11 is 0. The molecule has 6 heteroatoms. The van der Waals surface area contributed by atoms with Crippen molar-refractivity contribution in [3.63, 3.8) is 0 Å². The van der Waals surface area contributed by atoms with Crippen molar-refractivity contribution in [2.75, 3.05) is 5.32 Å². The molecule has 2 heterocycles. The maximum Gasteiger partial charge on any atom is 0.198 e. The van der Waals surface area contributed by atoms with Crippen LogP contribution in [0.2, 0.25) is 0 Å². The second-order valence-corrected chi connectivity index (χ2v) is 6.51. The number of aliphatic imine (C=N–C) groups is 1. The second kappa shape index (κ2) is 7.52. The Morgan fingerprint density at radius 2 is 2.07 bits per heavy atom. The zero-order chi connectivity index (χ0) is 19.5. The molecule has 0 unspecified atom stereocenters. The lowest BCUT2D eigenvalue weighted by atomic mass is 10.1. The highest BCUT2D eigenvalue weighted by Gasteiger charge is 2.09. The molecular formula is C22H19FN4O. The number of H-pyrrole nitrogens is 1. The van der Waals surface area contributed by atoms with Gasteiger partial charge in [0.25, 0.3) is 0 Å². The van der Waals surface area contributed by atoms with Crippen LogP contribution >= 0.6 is 0 Å². The molecule has 140 valence electrons. The van der Waals surface area contributed by atoms with Crippen molar-refractivity contribution in [1.82, 2.24) is 9.97 Å². The Hall–Kier alpha value is -3.67. The molecule has 0 spiro atoms. The smallest absolute Gasteiger partial charge is 0.198 e. The second-order valence-electron chi connectivity index (χ2n) is 6.51. The van der Waals surface area contributed by atoms with Crippen LogP contribution in [0.4, 0.5) is 15.8 Å². The van der Waals surface area contributed by atoms with Gasteiger partial charge in [-0.3, -0.25) is 9.98 Å². The van der Waals surface area contributed by atoms with Gasteiger partial charge >= 0.3 is 0 Å². The van der Waals surface area contributed by atoms with Gasteiger partial charge in [-0.05, 0) is 61.0 Å². The van der Waals surface area contributed by atoms with Gasteiger partial charge in [-0.2, -0.15) is 0 Å². The standard InChI is InChI=1S/C22H19FN4O/c1-14-10-16(6-8-20(14)26-12-17-4-2-3-9-24-17)25-13-19-18-7-5-15(23)11-21(18)27-22(19)28/h2-11,13,26-28H,12H2,1H3. The van der Waals surface area contributed by atoms with Gasteiger partial charge < -0.3 is 15.4 Å². The SMILES string of the molecule is Cc1cc(N=Cc2c(O)[nH]c3cc(F)ccc23)ccc1NCc1ccccn1. The van der Waals surface area contributed by atoms with Gasteiger partial charge in [-0.25, -0.2) is 4.39 Å². The van der Waals surface area contributed by atoms with Gasteiger partial charge in [0.05, 0.1) is 29.0 Å². The van der Waals surface area contributed by atoms with Crippen LogP contribution in [0.5, 0.6) is 5.88 Å². The number of rotatable bonds is 5. The van der Waals surface area contributed by atoms with Crippen molar-refractivity contribution in [2.24, 2.45) is 4.99 Å². The fourth-order valence-corrected chi connectivity index (χ4v) is 3.06. The quantitative estimate of drug-likeness (QED) is 0.427. The lowest BCUT2D eigenvalue weighted by Gasteiger charge is -2.09. The van der Waals surface area contributed by atoms with E-state index in [9.17, 15) is 9.50 Å².